The van der Waals surface area contributed by atoms with Gasteiger partial charge in [0.15, 0.2) is 0 Å². The highest BCUT2D eigenvalue weighted by molar-refractivity contribution is 5.85. The van der Waals surface area contributed by atoms with E-state index in [-0.39, 0.29) is 24.3 Å². The van der Waals surface area contributed by atoms with E-state index in [1.54, 1.807) is 0 Å². The molecule has 2 rings (SSSR count). The Balaban J connectivity index is 0.00000180. The van der Waals surface area contributed by atoms with E-state index in [0.29, 0.717) is 18.8 Å². The van der Waals surface area contributed by atoms with Gasteiger partial charge in [-0.05, 0) is 52.0 Å². The SMILES string of the molecule is CCOC(=O)C1CCC(OC[C@@H]2CCCN2)CC1.Cl. The zero-order valence-corrected chi connectivity index (χ0v) is 12.5. The summed E-state index contributed by atoms with van der Waals surface area (Å²) < 4.78 is 11.0. The Kier molecular flexibility index (Phi) is 7.73. The van der Waals surface area contributed by atoms with Crippen LogP contribution in [0.4, 0.5) is 0 Å². The highest BCUT2D eigenvalue weighted by Gasteiger charge is 2.28. The van der Waals surface area contributed by atoms with Gasteiger partial charge < -0.3 is 14.8 Å². The summed E-state index contributed by atoms with van der Waals surface area (Å²) >= 11 is 0. The molecule has 0 unspecified atom stereocenters. The second kappa shape index (κ2) is 8.77. The average molecular weight is 292 g/mol. The lowest BCUT2D eigenvalue weighted by Crippen LogP contribution is -2.32. The maximum absolute atomic E-state index is 11.6. The van der Waals surface area contributed by atoms with Crippen LogP contribution in [0.1, 0.15) is 45.4 Å². The molecular formula is C14H26ClNO3. The number of rotatable bonds is 5. The van der Waals surface area contributed by atoms with E-state index >= 15 is 0 Å². The molecular weight excluding hydrogens is 266 g/mol. The smallest absolute Gasteiger partial charge is 0.308 e. The van der Waals surface area contributed by atoms with Gasteiger partial charge in [0, 0.05) is 6.04 Å². The van der Waals surface area contributed by atoms with Crippen molar-refractivity contribution in [2.45, 2.75) is 57.6 Å². The molecule has 0 aromatic heterocycles. The standard InChI is InChI=1S/C14H25NO3.ClH/c1-2-17-14(16)11-5-7-13(8-6-11)18-10-12-4-3-9-15-12;/h11-13,15H,2-10H2,1H3;1H/t11?,12-,13?;/m0./s1. The van der Waals surface area contributed by atoms with Crippen LogP contribution in [-0.4, -0.2) is 37.9 Å². The number of hydrogen-bond acceptors (Lipinski definition) is 4. The first-order chi connectivity index (χ1) is 8.79. The van der Waals surface area contributed by atoms with Gasteiger partial charge in [-0.25, -0.2) is 0 Å². The van der Waals surface area contributed by atoms with Crippen LogP contribution >= 0.6 is 12.4 Å². The van der Waals surface area contributed by atoms with Crippen molar-refractivity contribution in [2.75, 3.05) is 19.8 Å². The number of carbonyl (C=O) groups excluding carboxylic acids is 1. The Labute approximate surface area is 122 Å². The van der Waals surface area contributed by atoms with E-state index in [0.717, 1.165) is 38.8 Å². The molecule has 1 saturated carbocycles. The van der Waals surface area contributed by atoms with Crippen LogP contribution in [0.5, 0.6) is 0 Å². The van der Waals surface area contributed by atoms with Crippen LogP contribution in [0.15, 0.2) is 0 Å². The Bertz CT molecular complexity index is 261. The number of hydrogen-bond donors (Lipinski definition) is 1. The molecule has 2 fully saturated rings. The van der Waals surface area contributed by atoms with E-state index in [9.17, 15) is 4.79 Å². The third-order valence-corrected chi connectivity index (χ3v) is 3.99. The Morgan fingerprint density at radius 2 is 1.95 bits per heavy atom. The van der Waals surface area contributed by atoms with Crippen LogP contribution in [-0.2, 0) is 14.3 Å². The van der Waals surface area contributed by atoms with Gasteiger partial charge in [-0.2, -0.15) is 0 Å². The lowest BCUT2D eigenvalue weighted by molar-refractivity contribution is -0.150. The molecule has 1 heterocycles. The summed E-state index contributed by atoms with van der Waals surface area (Å²) in [4.78, 5) is 11.6. The third kappa shape index (κ3) is 5.28. The molecule has 0 aromatic carbocycles. The predicted molar refractivity (Wildman–Crippen MR) is 76.6 cm³/mol. The molecule has 0 bridgehead atoms. The van der Waals surface area contributed by atoms with Gasteiger partial charge in [-0.15, -0.1) is 12.4 Å². The predicted octanol–water partition coefficient (Wildman–Crippen LogP) is 2.30. The summed E-state index contributed by atoms with van der Waals surface area (Å²) in [5, 5.41) is 3.44. The molecule has 2 aliphatic rings. The maximum Gasteiger partial charge on any atom is 0.308 e. The fourth-order valence-electron chi connectivity index (χ4n) is 2.88. The fraction of sp³-hybridized carbons (Fsp3) is 0.929. The zero-order chi connectivity index (χ0) is 12.8. The minimum absolute atomic E-state index is 0. The van der Waals surface area contributed by atoms with E-state index in [4.69, 9.17) is 9.47 Å². The molecule has 1 saturated heterocycles. The van der Waals surface area contributed by atoms with Crippen LogP contribution in [0.2, 0.25) is 0 Å². The molecule has 0 radical (unpaired) electrons. The van der Waals surface area contributed by atoms with Crippen molar-refractivity contribution < 1.29 is 14.3 Å². The van der Waals surface area contributed by atoms with Crippen molar-refractivity contribution in [1.82, 2.24) is 5.32 Å². The minimum atomic E-state index is -0.0200. The maximum atomic E-state index is 11.6. The second-order valence-electron chi connectivity index (χ2n) is 5.35. The lowest BCUT2D eigenvalue weighted by atomic mass is 9.87. The van der Waals surface area contributed by atoms with Crippen molar-refractivity contribution >= 4 is 18.4 Å². The Morgan fingerprint density at radius 1 is 1.21 bits per heavy atom. The first-order valence-corrected chi connectivity index (χ1v) is 7.31. The Hall–Kier alpha value is -0.320. The molecule has 0 amide bonds. The summed E-state index contributed by atoms with van der Waals surface area (Å²) in [6.07, 6.45) is 6.68. The van der Waals surface area contributed by atoms with Crippen molar-refractivity contribution in [2.24, 2.45) is 5.92 Å². The number of esters is 1. The molecule has 1 N–H and O–H groups in total. The van der Waals surface area contributed by atoms with Gasteiger partial charge in [0.05, 0.1) is 25.2 Å². The molecule has 1 aliphatic carbocycles. The topological polar surface area (TPSA) is 47.6 Å². The molecule has 1 aliphatic heterocycles. The number of carbonyl (C=O) groups is 1. The summed E-state index contributed by atoms with van der Waals surface area (Å²) in [7, 11) is 0. The van der Waals surface area contributed by atoms with Crippen LogP contribution < -0.4 is 5.32 Å². The summed E-state index contributed by atoms with van der Waals surface area (Å²) in [5.74, 6) is 0.0859. The lowest BCUT2D eigenvalue weighted by Gasteiger charge is -2.28. The first-order valence-electron chi connectivity index (χ1n) is 7.31. The van der Waals surface area contributed by atoms with Crippen LogP contribution in [0.25, 0.3) is 0 Å². The van der Waals surface area contributed by atoms with Gasteiger partial charge in [0.1, 0.15) is 0 Å². The van der Waals surface area contributed by atoms with Crippen molar-refractivity contribution in [3.8, 4) is 0 Å². The molecule has 1 atom stereocenters. The minimum Gasteiger partial charge on any atom is -0.466 e. The molecule has 19 heavy (non-hydrogen) atoms. The summed E-state index contributed by atoms with van der Waals surface area (Å²) in [6.45, 7) is 4.31. The van der Waals surface area contributed by atoms with Crippen molar-refractivity contribution in [3.63, 3.8) is 0 Å². The van der Waals surface area contributed by atoms with Crippen LogP contribution in [0.3, 0.4) is 0 Å². The monoisotopic (exact) mass is 291 g/mol. The van der Waals surface area contributed by atoms with Gasteiger partial charge in [-0.1, -0.05) is 0 Å². The van der Waals surface area contributed by atoms with Gasteiger partial charge in [-0.3, -0.25) is 4.79 Å². The highest BCUT2D eigenvalue weighted by Crippen LogP contribution is 2.27. The normalized spacial score (nSPS) is 30.7. The van der Waals surface area contributed by atoms with Gasteiger partial charge in [0.2, 0.25) is 0 Å². The number of ether oxygens (including phenoxy) is 2. The van der Waals surface area contributed by atoms with Crippen molar-refractivity contribution in [1.29, 1.82) is 0 Å². The molecule has 5 heteroatoms. The fourth-order valence-corrected chi connectivity index (χ4v) is 2.88. The summed E-state index contributed by atoms with van der Waals surface area (Å²) in [5.41, 5.74) is 0. The van der Waals surface area contributed by atoms with Gasteiger partial charge >= 0.3 is 5.97 Å². The van der Waals surface area contributed by atoms with E-state index in [1.165, 1.54) is 12.8 Å². The van der Waals surface area contributed by atoms with Crippen molar-refractivity contribution in [3.05, 3.63) is 0 Å². The number of nitrogens with one attached hydrogen (secondary N) is 1. The second-order valence-corrected chi connectivity index (χ2v) is 5.35. The highest BCUT2D eigenvalue weighted by atomic mass is 35.5. The molecule has 0 aromatic rings. The van der Waals surface area contributed by atoms with E-state index in [2.05, 4.69) is 5.32 Å². The Morgan fingerprint density at radius 3 is 2.53 bits per heavy atom. The van der Waals surface area contributed by atoms with E-state index < -0.39 is 0 Å². The number of halogens is 1. The zero-order valence-electron chi connectivity index (χ0n) is 11.7. The first kappa shape index (κ1) is 16.7. The molecule has 4 nitrogen and oxygen atoms in total. The molecule has 112 valence electrons. The van der Waals surface area contributed by atoms with Crippen LogP contribution in [0, 0.1) is 5.92 Å². The van der Waals surface area contributed by atoms with Gasteiger partial charge in [0.25, 0.3) is 0 Å². The molecule has 0 spiro atoms. The summed E-state index contributed by atoms with van der Waals surface area (Å²) in [6, 6.07) is 0.549. The third-order valence-electron chi connectivity index (χ3n) is 3.99. The quantitative estimate of drug-likeness (QED) is 0.790. The van der Waals surface area contributed by atoms with E-state index in [1.807, 2.05) is 6.92 Å². The average Bonchev–Trinajstić information content (AvgIpc) is 2.90. The largest absolute Gasteiger partial charge is 0.466 e.